The molecule has 0 spiro atoms. The second-order valence-electron chi connectivity index (χ2n) is 6.10. The van der Waals surface area contributed by atoms with Crippen LogP contribution in [0.15, 0.2) is 61.2 Å². The van der Waals surface area contributed by atoms with Crippen molar-refractivity contribution < 1.29 is 9.53 Å². The van der Waals surface area contributed by atoms with Gasteiger partial charge in [0.2, 0.25) is 0 Å². The van der Waals surface area contributed by atoms with Crippen molar-refractivity contribution >= 4 is 17.3 Å². The van der Waals surface area contributed by atoms with Crippen LogP contribution in [0.3, 0.4) is 0 Å². The van der Waals surface area contributed by atoms with Crippen molar-refractivity contribution in [2.24, 2.45) is 7.05 Å². The van der Waals surface area contributed by atoms with Gasteiger partial charge in [-0.25, -0.2) is 9.97 Å². The first-order valence-corrected chi connectivity index (χ1v) is 8.30. The fourth-order valence-corrected chi connectivity index (χ4v) is 2.90. The van der Waals surface area contributed by atoms with Gasteiger partial charge in [-0.05, 0) is 35.9 Å². The number of rotatable bonds is 6. The van der Waals surface area contributed by atoms with Gasteiger partial charge >= 0.3 is 0 Å². The molecule has 0 aliphatic heterocycles. The Morgan fingerprint density at radius 3 is 2.85 bits per heavy atom. The van der Waals surface area contributed by atoms with Crippen molar-refractivity contribution in [3.63, 3.8) is 0 Å². The lowest BCUT2D eigenvalue weighted by atomic mass is 10.2. The Balaban J connectivity index is 1.54. The van der Waals surface area contributed by atoms with Crippen molar-refractivity contribution in [1.82, 2.24) is 19.1 Å². The summed E-state index contributed by atoms with van der Waals surface area (Å²) >= 11 is 0. The van der Waals surface area contributed by atoms with E-state index in [0.29, 0.717) is 18.8 Å². The van der Waals surface area contributed by atoms with Crippen LogP contribution in [0.25, 0.3) is 16.7 Å². The van der Waals surface area contributed by atoms with Crippen molar-refractivity contribution in [2.75, 3.05) is 0 Å². The third-order valence-electron chi connectivity index (χ3n) is 4.32. The first kappa shape index (κ1) is 16.2. The molecular weight excluding hydrogens is 328 g/mol. The zero-order valence-electron chi connectivity index (χ0n) is 14.4. The molecule has 0 atom stereocenters. The van der Waals surface area contributed by atoms with Crippen molar-refractivity contribution in [2.45, 2.75) is 13.2 Å². The minimum Gasteiger partial charge on any atom is -0.369 e. The van der Waals surface area contributed by atoms with Gasteiger partial charge in [-0.2, -0.15) is 0 Å². The van der Waals surface area contributed by atoms with E-state index in [9.17, 15) is 4.79 Å². The molecule has 130 valence electrons. The van der Waals surface area contributed by atoms with Gasteiger partial charge in [0.1, 0.15) is 25.0 Å². The fraction of sp³-hybridized carbons (Fsp3) is 0.150. The number of benzene rings is 2. The summed E-state index contributed by atoms with van der Waals surface area (Å²) in [6.07, 6.45) is 6.27. The Morgan fingerprint density at radius 1 is 1.12 bits per heavy atom. The number of hydrogen-bond donors (Lipinski definition) is 0. The Labute approximate surface area is 150 Å². The largest absolute Gasteiger partial charge is 0.369 e. The first-order chi connectivity index (χ1) is 12.7. The van der Waals surface area contributed by atoms with Gasteiger partial charge in [0.15, 0.2) is 0 Å². The van der Waals surface area contributed by atoms with E-state index in [1.807, 2.05) is 46.6 Å². The van der Waals surface area contributed by atoms with Crippen LogP contribution in [-0.2, 0) is 25.0 Å². The standard InChI is InChI=1S/C20H18N4O2/c1-23-8-7-21-20(23)13-26-12-16-3-2-4-17(9-16)24-14-22-18-10-15(11-25)5-6-19(18)24/h2-11,14H,12-13H2,1H3. The molecule has 0 N–H and O–H groups in total. The lowest BCUT2D eigenvalue weighted by Gasteiger charge is -2.08. The zero-order chi connectivity index (χ0) is 17.9. The van der Waals surface area contributed by atoms with E-state index in [1.165, 1.54) is 0 Å². The average Bonchev–Trinajstić information content (AvgIpc) is 3.27. The molecule has 2 aromatic carbocycles. The Hall–Kier alpha value is -3.25. The normalized spacial score (nSPS) is 11.1. The number of aromatic nitrogens is 4. The van der Waals surface area contributed by atoms with Crippen LogP contribution in [0.5, 0.6) is 0 Å². The second-order valence-corrected chi connectivity index (χ2v) is 6.10. The summed E-state index contributed by atoms with van der Waals surface area (Å²) in [5.41, 5.74) is 4.46. The highest BCUT2D eigenvalue weighted by Gasteiger charge is 2.07. The molecule has 2 aromatic heterocycles. The molecule has 2 heterocycles. The highest BCUT2D eigenvalue weighted by Crippen LogP contribution is 2.20. The molecule has 0 fully saturated rings. The monoisotopic (exact) mass is 346 g/mol. The highest BCUT2D eigenvalue weighted by atomic mass is 16.5. The van der Waals surface area contributed by atoms with Gasteiger partial charge in [0.25, 0.3) is 0 Å². The van der Waals surface area contributed by atoms with E-state index in [0.717, 1.165) is 34.4 Å². The predicted octanol–water partition coefficient (Wildman–Crippen LogP) is 3.29. The first-order valence-electron chi connectivity index (χ1n) is 8.30. The fourth-order valence-electron chi connectivity index (χ4n) is 2.90. The number of fused-ring (bicyclic) bond motifs is 1. The van der Waals surface area contributed by atoms with Crippen LogP contribution >= 0.6 is 0 Å². The molecule has 0 saturated carbocycles. The summed E-state index contributed by atoms with van der Waals surface area (Å²) in [5, 5.41) is 0. The molecule has 26 heavy (non-hydrogen) atoms. The number of carbonyl (C=O) groups excluding carboxylic acids is 1. The van der Waals surface area contributed by atoms with E-state index in [2.05, 4.69) is 16.0 Å². The molecule has 0 radical (unpaired) electrons. The summed E-state index contributed by atoms with van der Waals surface area (Å²) in [6, 6.07) is 13.6. The summed E-state index contributed by atoms with van der Waals surface area (Å²) in [5.74, 6) is 0.896. The second kappa shape index (κ2) is 6.93. The Kier molecular flexibility index (Phi) is 4.33. The Bertz CT molecular complexity index is 1060. The molecule has 6 nitrogen and oxygen atoms in total. The number of imidazole rings is 2. The molecule has 4 rings (SSSR count). The number of hydrogen-bond acceptors (Lipinski definition) is 4. The SMILES string of the molecule is Cn1ccnc1COCc1cccc(-n2cnc3cc(C=O)ccc32)c1. The van der Waals surface area contributed by atoms with Gasteiger partial charge in [-0.1, -0.05) is 12.1 Å². The number of aldehydes is 1. The maximum Gasteiger partial charge on any atom is 0.150 e. The van der Waals surface area contributed by atoms with Crippen LogP contribution in [-0.4, -0.2) is 25.4 Å². The van der Waals surface area contributed by atoms with E-state index < -0.39 is 0 Å². The average molecular weight is 346 g/mol. The molecule has 0 aliphatic rings. The van der Waals surface area contributed by atoms with E-state index in [4.69, 9.17) is 4.74 Å². The quantitative estimate of drug-likeness (QED) is 0.503. The maximum atomic E-state index is 10.9. The minimum atomic E-state index is 0.468. The Morgan fingerprint density at radius 2 is 2.04 bits per heavy atom. The van der Waals surface area contributed by atoms with E-state index in [-0.39, 0.29) is 0 Å². The van der Waals surface area contributed by atoms with Gasteiger partial charge in [0.05, 0.1) is 17.6 Å². The van der Waals surface area contributed by atoms with Gasteiger partial charge < -0.3 is 9.30 Å². The van der Waals surface area contributed by atoms with Crippen molar-refractivity contribution in [1.29, 1.82) is 0 Å². The van der Waals surface area contributed by atoms with Crippen LogP contribution in [0.4, 0.5) is 0 Å². The topological polar surface area (TPSA) is 61.9 Å². The van der Waals surface area contributed by atoms with Gasteiger partial charge in [-0.15, -0.1) is 0 Å². The van der Waals surface area contributed by atoms with Gasteiger partial charge in [0, 0.05) is 30.7 Å². The molecule has 0 amide bonds. The summed E-state index contributed by atoms with van der Waals surface area (Å²) < 4.78 is 9.74. The lowest BCUT2D eigenvalue weighted by molar-refractivity contribution is 0.1000. The minimum absolute atomic E-state index is 0.468. The van der Waals surface area contributed by atoms with E-state index >= 15 is 0 Å². The number of carbonyl (C=O) groups is 1. The third kappa shape index (κ3) is 3.14. The highest BCUT2D eigenvalue weighted by molar-refractivity contribution is 5.85. The summed E-state index contributed by atoms with van der Waals surface area (Å²) in [7, 11) is 1.95. The van der Waals surface area contributed by atoms with Gasteiger partial charge in [-0.3, -0.25) is 9.36 Å². The zero-order valence-corrected chi connectivity index (χ0v) is 14.4. The molecule has 4 aromatic rings. The van der Waals surface area contributed by atoms with Crippen molar-refractivity contribution in [3.05, 3.63) is 78.1 Å². The van der Waals surface area contributed by atoms with Crippen LogP contribution < -0.4 is 0 Å². The van der Waals surface area contributed by atoms with E-state index in [1.54, 1.807) is 24.7 Å². The maximum absolute atomic E-state index is 10.9. The molecule has 6 heteroatoms. The predicted molar refractivity (Wildman–Crippen MR) is 98.2 cm³/mol. The molecule has 0 aliphatic carbocycles. The van der Waals surface area contributed by atoms with Crippen molar-refractivity contribution in [3.8, 4) is 5.69 Å². The molecule has 0 bridgehead atoms. The summed E-state index contributed by atoms with van der Waals surface area (Å²) in [6.45, 7) is 0.971. The number of aryl methyl sites for hydroxylation is 1. The summed E-state index contributed by atoms with van der Waals surface area (Å²) in [4.78, 5) is 19.6. The molecule has 0 saturated heterocycles. The molecule has 0 unspecified atom stereocenters. The van der Waals surface area contributed by atoms with Crippen LogP contribution in [0, 0.1) is 0 Å². The van der Waals surface area contributed by atoms with Crippen LogP contribution in [0.2, 0.25) is 0 Å². The number of ether oxygens (including phenoxy) is 1. The van der Waals surface area contributed by atoms with Crippen LogP contribution in [0.1, 0.15) is 21.7 Å². The third-order valence-corrected chi connectivity index (χ3v) is 4.32. The molecular formula is C20H18N4O2. The lowest BCUT2D eigenvalue weighted by Crippen LogP contribution is -2.01. The smallest absolute Gasteiger partial charge is 0.150 e. The number of nitrogens with zero attached hydrogens (tertiary/aromatic N) is 4.